The number of rotatable bonds is 30. The van der Waals surface area contributed by atoms with Gasteiger partial charge in [-0.15, -0.1) is 23.2 Å². The molecule has 0 heterocycles. The Labute approximate surface area is 765 Å². The van der Waals surface area contributed by atoms with E-state index in [0.29, 0.717) is 90.0 Å². The van der Waals surface area contributed by atoms with Crippen molar-refractivity contribution in [3.8, 4) is 67.5 Å². The highest BCUT2D eigenvalue weighted by molar-refractivity contribution is 6.74. The minimum atomic E-state index is -1.93. The van der Waals surface area contributed by atoms with Gasteiger partial charge in [-0.1, -0.05) is 305 Å². The van der Waals surface area contributed by atoms with E-state index >= 15 is 4.39 Å². The maximum absolute atomic E-state index is 15.2. The van der Waals surface area contributed by atoms with Gasteiger partial charge < -0.3 is 42.3 Å². The average molecular weight is 1780 g/mol. The molecular weight excluding hydrogens is 1650 g/mol. The highest BCUT2D eigenvalue weighted by atomic mass is 35.5. The predicted octanol–water partition coefficient (Wildman–Crippen LogP) is 31.8. The summed E-state index contributed by atoms with van der Waals surface area (Å²) in [6.45, 7) is 41.5. The lowest BCUT2D eigenvalue weighted by Crippen LogP contribution is -2.40. The zero-order chi connectivity index (χ0) is 92.6. The molecule has 0 amide bonds. The number of aryl methyl sites for hydroxylation is 1. The van der Waals surface area contributed by atoms with E-state index in [2.05, 4.69) is 166 Å². The molecule has 674 valence electrons. The monoisotopic (exact) mass is 1780 g/mol. The third-order valence-corrected chi connectivity index (χ3v) is 27.9. The van der Waals surface area contributed by atoms with Crippen LogP contribution in [0.2, 0.25) is 18.1 Å². The SMILES string of the molecule is CCc1ccc(-c2cc(OC)ccc2F)c([C@H](OCc2ccccc2)C(C)(C)C)c1.COc1ccc(F)c(-c2ccc(CCl)cc2[C@@H](OCc2ccccc2)C(C)(C)C)c1.COc1ccc(F)c(-c2ccc(CCl)cc2[C@H](OCc2ccccc2)C(C)(C)C)c1.COc1ccc(F)c(-c2ccc(CO[Si](C)(C)C(C)(C)C)cc2[C@@H](OCc2ccccc2)C(C)(C)C)c1. The summed E-state index contributed by atoms with van der Waals surface area (Å²) in [4.78, 5) is 0. The first kappa shape index (κ1) is 101. The van der Waals surface area contributed by atoms with Crippen molar-refractivity contribution >= 4 is 31.5 Å². The van der Waals surface area contributed by atoms with Gasteiger partial charge in [0, 0.05) is 34.0 Å². The second-order valence-electron chi connectivity index (χ2n) is 37.9. The molecule has 0 aliphatic carbocycles. The normalized spacial score (nSPS) is 12.9. The average Bonchev–Trinajstić information content (AvgIpc) is 0.790. The van der Waals surface area contributed by atoms with Crippen molar-refractivity contribution in [1.82, 2.24) is 0 Å². The molecule has 16 heteroatoms. The summed E-state index contributed by atoms with van der Waals surface area (Å²) in [6, 6.07) is 83.9. The van der Waals surface area contributed by atoms with E-state index in [0.717, 1.165) is 89.9 Å². The van der Waals surface area contributed by atoms with E-state index in [1.54, 1.807) is 77.0 Å². The van der Waals surface area contributed by atoms with Gasteiger partial charge >= 0.3 is 0 Å². The fourth-order valence-electron chi connectivity index (χ4n) is 14.8. The topological polar surface area (TPSA) is 83.1 Å². The first-order valence-corrected chi connectivity index (χ1v) is 47.4. The lowest BCUT2D eigenvalue weighted by molar-refractivity contribution is -0.0301. The number of hydrogen-bond acceptors (Lipinski definition) is 9. The van der Waals surface area contributed by atoms with Gasteiger partial charge in [-0.25, -0.2) is 17.6 Å². The Morgan fingerprint density at radius 2 is 0.496 bits per heavy atom. The van der Waals surface area contributed by atoms with Gasteiger partial charge in [0.1, 0.15) is 46.3 Å². The molecule has 0 fully saturated rings. The van der Waals surface area contributed by atoms with Crippen LogP contribution in [0, 0.1) is 44.9 Å². The summed E-state index contributed by atoms with van der Waals surface area (Å²) in [5.41, 5.74) is 16.8. The third-order valence-electron chi connectivity index (χ3n) is 22.8. The molecule has 12 aromatic carbocycles. The molecule has 0 unspecified atom stereocenters. The maximum Gasteiger partial charge on any atom is 0.192 e. The van der Waals surface area contributed by atoms with Crippen LogP contribution in [0.1, 0.15) is 202 Å². The van der Waals surface area contributed by atoms with Crippen LogP contribution < -0.4 is 18.9 Å². The van der Waals surface area contributed by atoms with Gasteiger partial charge in [-0.3, -0.25) is 0 Å². The standard InChI is InChI=1S/C32H43FO3Si.C27H31FO2.2C26H28ClFO2/c1-31(2,3)30(35-21-23-13-11-10-12-14-23)28-19-24(22-36-37(8,9)32(4,5)6)15-17-26(28)27-20-25(34-7)16-18-29(27)33;1-6-19-12-14-22(23-17-21(29-5)13-15-25(23)28)24(16-19)26(27(2,3)4)30-18-20-10-8-7-9-11-20;2*1-26(2,3)25(30-17-18-8-6-5-7-9-18)23-14-19(16-27)10-12-21(23)22-15-20(29-4)11-13-24(22)28/h10-20,30H,21-22H2,1-9H3;7-17,26H,6,18H2,1-5H3;2*5-15,25H,16-17H2,1-4H3/t30-;26-;2*25-/m1010/s1. The van der Waals surface area contributed by atoms with Crippen LogP contribution >= 0.6 is 23.2 Å². The molecule has 0 aliphatic heterocycles. The summed E-state index contributed by atoms with van der Waals surface area (Å²) >= 11 is 12.3. The van der Waals surface area contributed by atoms with Gasteiger partial charge in [0.25, 0.3) is 0 Å². The molecule has 12 aromatic rings. The quantitative estimate of drug-likeness (QED) is 0.0248. The van der Waals surface area contributed by atoms with E-state index in [9.17, 15) is 13.2 Å². The third kappa shape index (κ3) is 28.3. The molecule has 12 rings (SSSR count). The van der Waals surface area contributed by atoms with E-state index in [1.807, 2.05) is 152 Å². The Morgan fingerprint density at radius 1 is 0.268 bits per heavy atom. The van der Waals surface area contributed by atoms with Gasteiger partial charge in [-0.2, -0.15) is 0 Å². The summed E-state index contributed by atoms with van der Waals surface area (Å²) in [5.74, 6) is 2.07. The Balaban J connectivity index is 0.000000192. The molecule has 0 aromatic heterocycles. The number of alkyl halides is 2. The fraction of sp³-hybridized carbons (Fsp3) is 0.351. The zero-order valence-corrected chi connectivity index (χ0v) is 80.8. The van der Waals surface area contributed by atoms with Crippen molar-refractivity contribution in [2.75, 3.05) is 28.4 Å². The van der Waals surface area contributed by atoms with Gasteiger partial charge in [0.15, 0.2) is 8.32 Å². The molecule has 0 bridgehead atoms. The largest absolute Gasteiger partial charge is 0.497 e. The molecular formula is C111H130Cl2F4O9Si. The number of methoxy groups -OCH3 is 4. The Hall–Kier alpha value is -9.84. The van der Waals surface area contributed by atoms with Crippen LogP contribution in [-0.2, 0) is 74.6 Å². The van der Waals surface area contributed by atoms with Crippen LogP contribution in [0.4, 0.5) is 17.6 Å². The molecule has 127 heavy (non-hydrogen) atoms. The van der Waals surface area contributed by atoms with Crippen molar-refractivity contribution in [3.63, 3.8) is 0 Å². The highest BCUT2D eigenvalue weighted by Crippen LogP contribution is 2.49. The fourth-order valence-corrected chi connectivity index (χ4v) is 16.1. The smallest absolute Gasteiger partial charge is 0.192 e. The molecule has 9 nitrogen and oxygen atoms in total. The predicted molar refractivity (Wildman–Crippen MR) is 518 cm³/mol. The minimum absolute atomic E-state index is 0.117. The molecule has 4 atom stereocenters. The van der Waals surface area contributed by atoms with E-state index in [-0.39, 0.29) is 74.4 Å². The molecule has 0 N–H and O–H groups in total. The lowest BCUT2D eigenvalue weighted by atomic mass is 9.80. The van der Waals surface area contributed by atoms with Gasteiger partial charge in [0.05, 0.1) is 85.9 Å². The summed E-state index contributed by atoms with van der Waals surface area (Å²) in [5, 5.41) is 0.117. The van der Waals surface area contributed by atoms with Crippen molar-refractivity contribution < 1.29 is 59.9 Å². The number of hydrogen-bond donors (Lipinski definition) is 0. The number of halogens is 6. The first-order valence-electron chi connectivity index (χ1n) is 43.5. The molecule has 0 saturated heterocycles. The van der Waals surface area contributed by atoms with Crippen molar-refractivity contribution in [1.29, 1.82) is 0 Å². The molecule has 0 radical (unpaired) electrons. The van der Waals surface area contributed by atoms with Gasteiger partial charge in [-0.05, 0) is 208 Å². The van der Waals surface area contributed by atoms with Crippen molar-refractivity contribution in [2.45, 2.75) is 205 Å². The molecule has 0 spiro atoms. The van der Waals surface area contributed by atoms with Crippen LogP contribution in [0.5, 0.6) is 23.0 Å². The van der Waals surface area contributed by atoms with Crippen LogP contribution in [-0.4, -0.2) is 36.8 Å². The first-order chi connectivity index (χ1) is 60.2. The summed E-state index contributed by atoms with van der Waals surface area (Å²) in [7, 11) is 4.42. The molecule has 0 aliphatic rings. The van der Waals surface area contributed by atoms with E-state index in [1.165, 1.54) is 29.8 Å². The second-order valence-corrected chi connectivity index (χ2v) is 43.3. The van der Waals surface area contributed by atoms with Crippen LogP contribution in [0.15, 0.2) is 267 Å². The zero-order valence-electron chi connectivity index (χ0n) is 78.3. The Morgan fingerprint density at radius 3 is 0.717 bits per heavy atom. The summed E-state index contributed by atoms with van der Waals surface area (Å²) in [6.07, 6.45) is -0.0995. The van der Waals surface area contributed by atoms with Gasteiger partial charge in [0.2, 0.25) is 0 Å². The number of benzene rings is 12. The van der Waals surface area contributed by atoms with Crippen LogP contribution in [0.25, 0.3) is 44.5 Å². The van der Waals surface area contributed by atoms with Crippen molar-refractivity contribution in [3.05, 3.63) is 357 Å². The lowest BCUT2D eigenvalue weighted by Gasteiger charge is -2.36. The highest BCUT2D eigenvalue weighted by Gasteiger charge is 2.39. The Bertz CT molecular complexity index is 5080. The van der Waals surface area contributed by atoms with E-state index < -0.39 is 8.32 Å². The van der Waals surface area contributed by atoms with E-state index in [4.69, 9.17) is 65.5 Å². The summed E-state index contributed by atoms with van der Waals surface area (Å²) < 4.78 is 114. The Kier molecular flexibility index (Phi) is 36.5. The van der Waals surface area contributed by atoms with Crippen LogP contribution in [0.3, 0.4) is 0 Å². The molecule has 0 saturated carbocycles. The van der Waals surface area contributed by atoms with Crippen molar-refractivity contribution in [2.24, 2.45) is 21.7 Å². The second kappa shape index (κ2) is 45.9. The maximum atomic E-state index is 15.2. The number of ether oxygens (including phenoxy) is 8. The minimum Gasteiger partial charge on any atom is -0.497 e.